The lowest BCUT2D eigenvalue weighted by Crippen LogP contribution is -2.15. The number of nitrogens with one attached hydrogen (secondary N) is 1. The monoisotopic (exact) mass is 289 g/mol. The van der Waals surface area contributed by atoms with Gasteiger partial charge in [0, 0.05) is 5.69 Å². The van der Waals surface area contributed by atoms with Gasteiger partial charge in [-0.15, -0.1) is 0 Å². The second-order valence-corrected chi connectivity index (χ2v) is 4.23. The molecule has 0 unspecified atom stereocenters. The smallest absolute Gasteiger partial charge is 0.290 e. The van der Waals surface area contributed by atoms with Crippen LogP contribution in [0.5, 0.6) is 0 Å². The molecule has 0 saturated carbocycles. The van der Waals surface area contributed by atoms with E-state index >= 15 is 0 Å². The summed E-state index contributed by atoms with van der Waals surface area (Å²) < 4.78 is 30.6. The molecule has 1 N–H and O–H groups in total. The van der Waals surface area contributed by atoms with Gasteiger partial charge in [0.15, 0.2) is 5.76 Å². The van der Waals surface area contributed by atoms with Gasteiger partial charge in [-0.05, 0) is 48.0 Å². The molecule has 108 valence electrons. The summed E-state index contributed by atoms with van der Waals surface area (Å²) in [5, 5.41) is 2.58. The molecule has 2 rings (SSSR count). The highest BCUT2D eigenvalue weighted by molar-refractivity contribution is 6.05. The van der Waals surface area contributed by atoms with Crippen molar-refractivity contribution in [2.75, 3.05) is 12.4 Å². The number of benzene rings is 2. The highest BCUT2D eigenvalue weighted by atomic mass is 19.1. The molecule has 0 saturated heterocycles. The first-order valence-electron chi connectivity index (χ1n) is 6.16. The largest absolute Gasteiger partial charge is 0.491 e. The van der Waals surface area contributed by atoms with Crippen molar-refractivity contribution in [3.63, 3.8) is 0 Å². The first-order chi connectivity index (χ1) is 10.1. The zero-order valence-electron chi connectivity index (χ0n) is 11.3. The molecule has 0 atom stereocenters. The molecule has 1 amide bonds. The van der Waals surface area contributed by atoms with Crippen LogP contribution in [0.25, 0.3) is 6.08 Å². The van der Waals surface area contributed by atoms with Crippen LogP contribution in [0.3, 0.4) is 0 Å². The Balaban J connectivity index is 2.14. The quantitative estimate of drug-likeness (QED) is 0.690. The number of ether oxygens (including phenoxy) is 1. The standard InChI is InChI=1S/C16H13F2NO2/c1-21-15(10-11-2-4-12(17)5-3-11)16(20)19-14-8-6-13(18)7-9-14/h2-10H,1H3,(H,19,20)/b15-10-. The van der Waals surface area contributed by atoms with Gasteiger partial charge in [0.1, 0.15) is 11.6 Å². The molecule has 0 heterocycles. The number of rotatable bonds is 4. The molecule has 0 spiro atoms. The number of carbonyl (C=O) groups excluding carboxylic acids is 1. The maximum absolute atomic E-state index is 12.8. The first kappa shape index (κ1) is 14.7. The number of amides is 1. The van der Waals surface area contributed by atoms with Crippen molar-refractivity contribution in [1.82, 2.24) is 0 Å². The molecule has 0 bridgehead atoms. The Bertz CT molecular complexity index is 649. The van der Waals surface area contributed by atoms with E-state index in [0.717, 1.165) is 0 Å². The van der Waals surface area contributed by atoms with Gasteiger partial charge < -0.3 is 10.1 Å². The number of halogens is 2. The van der Waals surface area contributed by atoms with Gasteiger partial charge in [0.25, 0.3) is 5.91 Å². The number of anilines is 1. The fourth-order valence-corrected chi connectivity index (χ4v) is 1.65. The SMILES string of the molecule is CO/C(=C\c1ccc(F)cc1)C(=O)Nc1ccc(F)cc1. The predicted molar refractivity (Wildman–Crippen MR) is 76.4 cm³/mol. The molecule has 0 radical (unpaired) electrons. The van der Waals surface area contributed by atoms with E-state index in [4.69, 9.17) is 4.74 Å². The van der Waals surface area contributed by atoms with Gasteiger partial charge in [-0.2, -0.15) is 0 Å². The molecular formula is C16H13F2NO2. The summed E-state index contributed by atoms with van der Waals surface area (Å²) in [6, 6.07) is 11.0. The highest BCUT2D eigenvalue weighted by Gasteiger charge is 2.10. The molecular weight excluding hydrogens is 276 g/mol. The third kappa shape index (κ3) is 4.14. The minimum atomic E-state index is -0.478. The average Bonchev–Trinajstić information content (AvgIpc) is 2.49. The van der Waals surface area contributed by atoms with Crippen LogP contribution in [0.1, 0.15) is 5.56 Å². The molecule has 3 nitrogen and oxygen atoms in total. The second kappa shape index (κ2) is 6.65. The summed E-state index contributed by atoms with van der Waals surface area (Å²) in [4.78, 5) is 12.0. The van der Waals surface area contributed by atoms with Crippen molar-refractivity contribution in [3.05, 3.63) is 71.5 Å². The molecule has 0 fully saturated rings. The number of hydrogen-bond donors (Lipinski definition) is 1. The minimum Gasteiger partial charge on any atom is -0.491 e. The zero-order chi connectivity index (χ0) is 15.2. The van der Waals surface area contributed by atoms with Crippen LogP contribution in [-0.4, -0.2) is 13.0 Å². The third-order valence-corrected chi connectivity index (χ3v) is 2.71. The minimum absolute atomic E-state index is 0.0610. The Morgan fingerprint density at radius 2 is 1.52 bits per heavy atom. The molecule has 0 aliphatic carbocycles. The number of methoxy groups -OCH3 is 1. The molecule has 2 aromatic rings. The fraction of sp³-hybridized carbons (Fsp3) is 0.0625. The van der Waals surface area contributed by atoms with Gasteiger partial charge in [-0.3, -0.25) is 4.79 Å². The van der Waals surface area contributed by atoms with E-state index in [1.807, 2.05) is 0 Å². The summed E-state index contributed by atoms with van der Waals surface area (Å²) in [6.45, 7) is 0. The molecule has 0 aliphatic rings. The van der Waals surface area contributed by atoms with Crippen LogP contribution in [0.2, 0.25) is 0 Å². The summed E-state index contributed by atoms with van der Waals surface area (Å²) in [5.41, 5.74) is 1.07. The van der Waals surface area contributed by atoms with Crippen molar-refractivity contribution in [1.29, 1.82) is 0 Å². The number of carbonyl (C=O) groups is 1. The molecule has 0 aliphatic heterocycles. The van der Waals surface area contributed by atoms with Crippen LogP contribution >= 0.6 is 0 Å². The van der Waals surface area contributed by atoms with Gasteiger partial charge in [0.05, 0.1) is 7.11 Å². The van der Waals surface area contributed by atoms with Gasteiger partial charge in [-0.25, -0.2) is 8.78 Å². The van der Waals surface area contributed by atoms with Crippen LogP contribution in [0, 0.1) is 11.6 Å². The third-order valence-electron chi connectivity index (χ3n) is 2.71. The van der Waals surface area contributed by atoms with Crippen molar-refractivity contribution in [3.8, 4) is 0 Å². The van der Waals surface area contributed by atoms with Gasteiger partial charge in [-0.1, -0.05) is 12.1 Å². The van der Waals surface area contributed by atoms with E-state index in [9.17, 15) is 13.6 Å². The Kier molecular flexibility index (Phi) is 4.66. The van der Waals surface area contributed by atoms with Crippen molar-refractivity contribution >= 4 is 17.7 Å². The fourth-order valence-electron chi connectivity index (χ4n) is 1.65. The molecule has 2 aromatic carbocycles. The lowest BCUT2D eigenvalue weighted by atomic mass is 10.2. The maximum Gasteiger partial charge on any atom is 0.290 e. The maximum atomic E-state index is 12.8. The van der Waals surface area contributed by atoms with E-state index in [1.165, 1.54) is 61.7 Å². The Morgan fingerprint density at radius 3 is 2.05 bits per heavy atom. The van der Waals surface area contributed by atoms with Crippen molar-refractivity contribution in [2.24, 2.45) is 0 Å². The Hall–Kier alpha value is -2.69. The van der Waals surface area contributed by atoms with Gasteiger partial charge >= 0.3 is 0 Å². The summed E-state index contributed by atoms with van der Waals surface area (Å²) in [5.74, 6) is -1.16. The lowest BCUT2D eigenvalue weighted by molar-refractivity contribution is -0.115. The number of hydrogen-bond acceptors (Lipinski definition) is 2. The second-order valence-electron chi connectivity index (χ2n) is 4.23. The van der Waals surface area contributed by atoms with Crippen LogP contribution in [-0.2, 0) is 9.53 Å². The molecule has 5 heteroatoms. The van der Waals surface area contributed by atoms with E-state index < -0.39 is 5.91 Å². The molecule has 21 heavy (non-hydrogen) atoms. The lowest BCUT2D eigenvalue weighted by Gasteiger charge is -2.08. The van der Waals surface area contributed by atoms with E-state index in [2.05, 4.69) is 5.32 Å². The van der Waals surface area contributed by atoms with E-state index in [-0.39, 0.29) is 17.4 Å². The van der Waals surface area contributed by atoms with Crippen molar-refractivity contribution in [2.45, 2.75) is 0 Å². The highest BCUT2D eigenvalue weighted by Crippen LogP contribution is 2.13. The van der Waals surface area contributed by atoms with Crippen LogP contribution < -0.4 is 5.32 Å². The first-order valence-corrected chi connectivity index (χ1v) is 6.16. The molecule has 0 aromatic heterocycles. The Morgan fingerprint density at radius 1 is 1.00 bits per heavy atom. The summed E-state index contributed by atoms with van der Waals surface area (Å²) in [6.07, 6.45) is 1.48. The van der Waals surface area contributed by atoms with Gasteiger partial charge in [0.2, 0.25) is 0 Å². The summed E-state index contributed by atoms with van der Waals surface area (Å²) in [7, 11) is 1.36. The van der Waals surface area contributed by atoms with E-state index in [0.29, 0.717) is 11.3 Å². The summed E-state index contributed by atoms with van der Waals surface area (Å²) >= 11 is 0. The van der Waals surface area contributed by atoms with E-state index in [1.54, 1.807) is 0 Å². The van der Waals surface area contributed by atoms with Crippen LogP contribution in [0.15, 0.2) is 54.3 Å². The topological polar surface area (TPSA) is 38.3 Å². The normalized spacial score (nSPS) is 11.1. The Labute approximate surface area is 120 Å². The zero-order valence-corrected chi connectivity index (χ0v) is 11.3. The average molecular weight is 289 g/mol. The van der Waals surface area contributed by atoms with Crippen molar-refractivity contribution < 1.29 is 18.3 Å². The predicted octanol–water partition coefficient (Wildman–Crippen LogP) is 3.59. The van der Waals surface area contributed by atoms with Crippen LogP contribution in [0.4, 0.5) is 14.5 Å².